The van der Waals surface area contributed by atoms with E-state index in [0.29, 0.717) is 29.5 Å². The highest BCUT2D eigenvalue weighted by Crippen LogP contribution is 2.30. The molecule has 4 N–H and O–H groups in total. The van der Waals surface area contributed by atoms with Crippen LogP contribution in [-0.4, -0.2) is 59.7 Å². The minimum atomic E-state index is -0.169. The predicted molar refractivity (Wildman–Crippen MR) is 101 cm³/mol. The molecule has 0 aromatic heterocycles. The fraction of sp³-hybridized carbons (Fsp3) is 0.412. The monoisotopic (exact) mass is 345 g/mol. The van der Waals surface area contributed by atoms with Gasteiger partial charge in [0.1, 0.15) is 12.8 Å². The molecule has 25 heavy (non-hydrogen) atoms. The molecule has 0 saturated carbocycles. The average Bonchev–Trinajstić information content (AvgIpc) is 2.91. The van der Waals surface area contributed by atoms with Gasteiger partial charge in [-0.15, -0.1) is 4.68 Å². The molecule has 0 spiro atoms. The molecule has 0 atom stereocenters. The largest absolute Gasteiger partial charge is 0.392 e. The van der Waals surface area contributed by atoms with Crippen molar-refractivity contribution in [1.82, 2.24) is 0 Å². The van der Waals surface area contributed by atoms with Crippen molar-refractivity contribution < 1.29 is 14.6 Å². The first-order chi connectivity index (χ1) is 12.0. The second-order valence-electron chi connectivity index (χ2n) is 5.53. The van der Waals surface area contributed by atoms with E-state index in [-0.39, 0.29) is 12.5 Å². The molecule has 0 radical (unpaired) electrons. The smallest absolute Gasteiger partial charge is 0.321 e. The Labute approximate surface area is 147 Å². The molecule has 1 aliphatic heterocycles. The Bertz CT molecular complexity index is 735. The van der Waals surface area contributed by atoms with Crippen LogP contribution in [0.25, 0.3) is 0 Å². The van der Waals surface area contributed by atoms with Crippen LogP contribution in [0, 0.1) is 0 Å². The van der Waals surface area contributed by atoms with Crippen LogP contribution in [0.2, 0.25) is 0 Å². The predicted octanol–water partition coefficient (Wildman–Crippen LogP) is 0.925. The van der Waals surface area contributed by atoms with Gasteiger partial charge in [-0.3, -0.25) is 10.5 Å². The Balaban J connectivity index is 2.42. The van der Waals surface area contributed by atoms with Gasteiger partial charge < -0.3 is 15.3 Å². The molecule has 0 fully saturated rings. The van der Waals surface area contributed by atoms with Crippen LogP contribution >= 0.6 is 0 Å². The van der Waals surface area contributed by atoms with Crippen LogP contribution in [0.15, 0.2) is 28.3 Å². The van der Waals surface area contributed by atoms with E-state index in [2.05, 4.69) is 34.2 Å². The van der Waals surface area contributed by atoms with Crippen LogP contribution in [0.5, 0.6) is 0 Å². The Morgan fingerprint density at radius 2 is 2.12 bits per heavy atom. The number of anilines is 2. The molecule has 1 heterocycles. The van der Waals surface area contributed by atoms with E-state index in [1.807, 2.05) is 18.2 Å². The number of nitrogens with zero attached hydrogens (tertiary/aromatic N) is 4. The topological polar surface area (TPSA) is 106 Å². The van der Waals surface area contributed by atoms with Gasteiger partial charge in [0, 0.05) is 25.7 Å². The summed E-state index contributed by atoms with van der Waals surface area (Å²) in [5.41, 5.74) is 8.73. The lowest BCUT2D eigenvalue weighted by molar-refractivity contribution is -0.532. The van der Waals surface area contributed by atoms with Crippen molar-refractivity contribution in [3.63, 3.8) is 0 Å². The number of carbonyl (C=O) groups is 1. The van der Waals surface area contributed by atoms with Crippen molar-refractivity contribution in [3.8, 4) is 0 Å². The Hall–Kier alpha value is -2.74. The fourth-order valence-corrected chi connectivity index (χ4v) is 2.57. The number of amidine groups is 1. The van der Waals surface area contributed by atoms with Gasteiger partial charge in [0.2, 0.25) is 5.91 Å². The molecule has 0 aliphatic carbocycles. The lowest BCUT2D eigenvalue weighted by Gasteiger charge is -2.22. The third-order valence-electron chi connectivity index (χ3n) is 3.83. The van der Waals surface area contributed by atoms with Gasteiger partial charge in [-0.1, -0.05) is 5.10 Å². The molecule has 1 aliphatic rings. The first-order valence-corrected chi connectivity index (χ1v) is 8.30. The maximum absolute atomic E-state index is 11.6. The second kappa shape index (κ2) is 8.39. The van der Waals surface area contributed by atoms with Crippen molar-refractivity contribution in [2.45, 2.75) is 20.8 Å². The SMILES string of the molecule is CCN(CC)c1ccc(N=C2C=N[N+](CCO)=C2N)c(NC(C)=O)c1. The summed E-state index contributed by atoms with van der Waals surface area (Å²) in [5, 5.41) is 15.9. The maximum atomic E-state index is 11.6. The zero-order chi connectivity index (χ0) is 18.4. The molecular weight excluding hydrogens is 320 g/mol. The first kappa shape index (κ1) is 18.6. The van der Waals surface area contributed by atoms with Crippen LogP contribution < -0.4 is 16.0 Å². The highest BCUT2D eigenvalue weighted by molar-refractivity contribution is 6.62. The molecule has 2 rings (SSSR count). The summed E-state index contributed by atoms with van der Waals surface area (Å²) in [4.78, 5) is 18.3. The number of β-amino-alcohol motifs (C(OH)–C–C–N with tert-alkyl or cyclic N) is 1. The number of amides is 1. The third kappa shape index (κ3) is 4.42. The summed E-state index contributed by atoms with van der Waals surface area (Å²) in [6, 6.07) is 5.72. The summed E-state index contributed by atoms with van der Waals surface area (Å²) in [6.45, 7) is 7.61. The van der Waals surface area contributed by atoms with Crippen molar-refractivity contribution in [1.29, 1.82) is 0 Å². The molecule has 0 saturated heterocycles. The number of hydrogen-bond acceptors (Lipinski definition) is 6. The highest BCUT2D eigenvalue weighted by atomic mass is 16.3. The van der Waals surface area contributed by atoms with E-state index < -0.39 is 0 Å². The van der Waals surface area contributed by atoms with E-state index in [9.17, 15) is 4.79 Å². The molecule has 0 bridgehead atoms. The van der Waals surface area contributed by atoms with Crippen LogP contribution in [-0.2, 0) is 4.79 Å². The Kier molecular flexibility index (Phi) is 6.24. The van der Waals surface area contributed by atoms with Crippen LogP contribution in [0.1, 0.15) is 20.8 Å². The zero-order valence-electron chi connectivity index (χ0n) is 14.9. The quantitative estimate of drug-likeness (QED) is 0.639. The summed E-state index contributed by atoms with van der Waals surface area (Å²) < 4.78 is 1.49. The number of hydrogen-bond donors (Lipinski definition) is 3. The van der Waals surface area contributed by atoms with Crippen LogP contribution in [0.3, 0.4) is 0 Å². The number of nitrogens with two attached hydrogens (primary N) is 1. The molecule has 1 aromatic carbocycles. The number of aliphatic hydroxyl groups is 1. The number of aliphatic imine (C=N–C) groups is 1. The lowest BCUT2D eigenvalue weighted by atomic mass is 10.2. The summed E-state index contributed by atoms with van der Waals surface area (Å²) in [6.07, 6.45) is 1.54. The van der Waals surface area contributed by atoms with Crippen molar-refractivity contribution >= 4 is 40.7 Å². The van der Waals surface area contributed by atoms with E-state index in [1.54, 1.807) is 6.21 Å². The van der Waals surface area contributed by atoms with Crippen molar-refractivity contribution in [2.75, 3.05) is 36.5 Å². The number of carbonyl (C=O) groups excluding carboxylic acids is 1. The minimum Gasteiger partial charge on any atom is -0.392 e. The fourth-order valence-electron chi connectivity index (χ4n) is 2.57. The average molecular weight is 345 g/mol. The van der Waals surface area contributed by atoms with Gasteiger partial charge in [0.15, 0.2) is 5.71 Å². The standard InChI is InChI=1S/C17H24N6O2/c1-4-22(5-2)13-6-7-14(15(10-13)20-12(3)25)21-16-11-19-23(8-9-24)17(16)18/h6-7,10-11,24H,4-5,8-9H2,1-3H3,(H2,18,19,20,25)/p+1. The van der Waals surface area contributed by atoms with E-state index >= 15 is 0 Å². The lowest BCUT2D eigenvalue weighted by Crippen LogP contribution is -2.30. The maximum Gasteiger partial charge on any atom is 0.321 e. The van der Waals surface area contributed by atoms with E-state index in [4.69, 9.17) is 10.8 Å². The van der Waals surface area contributed by atoms with Gasteiger partial charge in [0.05, 0.1) is 18.0 Å². The third-order valence-corrected chi connectivity index (χ3v) is 3.83. The summed E-state index contributed by atoms with van der Waals surface area (Å²) in [7, 11) is 0. The Morgan fingerprint density at radius 3 is 2.72 bits per heavy atom. The van der Waals surface area contributed by atoms with Gasteiger partial charge in [-0.05, 0) is 32.0 Å². The number of rotatable bonds is 7. The number of benzene rings is 1. The highest BCUT2D eigenvalue weighted by Gasteiger charge is 2.21. The molecular formula is C17H25N6O2+. The van der Waals surface area contributed by atoms with Crippen LogP contribution in [0.4, 0.5) is 17.1 Å². The molecule has 8 heteroatoms. The number of nitrogens with one attached hydrogen (secondary N) is 1. The van der Waals surface area contributed by atoms with E-state index in [1.165, 1.54) is 11.6 Å². The second-order valence-corrected chi connectivity index (χ2v) is 5.53. The summed E-state index contributed by atoms with van der Waals surface area (Å²) in [5.74, 6) is 0.202. The molecule has 0 unspecified atom stereocenters. The van der Waals surface area contributed by atoms with Crippen molar-refractivity contribution in [3.05, 3.63) is 18.2 Å². The van der Waals surface area contributed by atoms with E-state index in [0.717, 1.165) is 18.8 Å². The molecule has 1 aromatic rings. The number of aliphatic hydroxyl groups excluding tert-OH is 1. The van der Waals surface area contributed by atoms with Gasteiger partial charge in [0.25, 0.3) is 0 Å². The van der Waals surface area contributed by atoms with Crippen molar-refractivity contribution in [2.24, 2.45) is 15.8 Å². The summed E-state index contributed by atoms with van der Waals surface area (Å²) >= 11 is 0. The zero-order valence-corrected chi connectivity index (χ0v) is 14.9. The minimum absolute atomic E-state index is 0.0545. The van der Waals surface area contributed by atoms with Gasteiger partial charge in [-0.2, -0.15) is 0 Å². The molecule has 1 amide bonds. The first-order valence-electron chi connectivity index (χ1n) is 8.30. The van der Waals surface area contributed by atoms with Gasteiger partial charge in [-0.25, -0.2) is 4.99 Å². The molecule has 134 valence electrons. The normalized spacial score (nSPS) is 15.1. The van der Waals surface area contributed by atoms with Gasteiger partial charge >= 0.3 is 5.84 Å². The Morgan fingerprint density at radius 1 is 1.40 bits per heavy atom. The number of hydrazone groups is 1. The molecule has 8 nitrogen and oxygen atoms in total.